The van der Waals surface area contributed by atoms with Gasteiger partial charge in [0.25, 0.3) is 5.91 Å². The molecule has 5 nitrogen and oxygen atoms in total. The lowest BCUT2D eigenvalue weighted by Crippen LogP contribution is -2.27. The maximum absolute atomic E-state index is 12.2. The molecule has 0 radical (unpaired) electrons. The highest BCUT2D eigenvalue weighted by molar-refractivity contribution is 5.92. The highest BCUT2D eigenvalue weighted by Gasteiger charge is 2.14. The number of methoxy groups -OCH3 is 2. The Labute approximate surface area is 130 Å². The van der Waals surface area contributed by atoms with Crippen molar-refractivity contribution in [1.82, 2.24) is 10.3 Å². The molecule has 1 aromatic heterocycles. The third-order valence-electron chi connectivity index (χ3n) is 3.38. The van der Waals surface area contributed by atoms with Crippen LogP contribution in [0.15, 0.2) is 36.4 Å². The lowest BCUT2D eigenvalue weighted by atomic mass is 10.1. The summed E-state index contributed by atoms with van der Waals surface area (Å²) in [6.07, 6.45) is 0. The van der Waals surface area contributed by atoms with Crippen LogP contribution in [0.2, 0.25) is 0 Å². The topological polar surface area (TPSA) is 60.5 Å². The fourth-order valence-corrected chi connectivity index (χ4v) is 2.15. The average Bonchev–Trinajstić information content (AvgIpc) is 2.54. The number of benzene rings is 1. The second-order valence-corrected chi connectivity index (χ2v) is 4.97. The molecule has 0 aliphatic carbocycles. The number of hydrogen-bond acceptors (Lipinski definition) is 4. The van der Waals surface area contributed by atoms with E-state index in [9.17, 15) is 4.79 Å². The van der Waals surface area contributed by atoms with Crippen molar-refractivity contribution < 1.29 is 14.3 Å². The van der Waals surface area contributed by atoms with Crippen LogP contribution < -0.4 is 14.8 Å². The molecule has 2 rings (SSSR count). The number of ether oxygens (including phenoxy) is 2. The summed E-state index contributed by atoms with van der Waals surface area (Å²) in [5.41, 5.74) is 2.15. The van der Waals surface area contributed by atoms with E-state index in [0.717, 1.165) is 11.3 Å². The van der Waals surface area contributed by atoms with Gasteiger partial charge in [-0.2, -0.15) is 0 Å². The molecule has 1 unspecified atom stereocenters. The Balaban J connectivity index is 2.15. The fraction of sp³-hybridized carbons (Fsp3) is 0.294. The smallest absolute Gasteiger partial charge is 0.270 e. The van der Waals surface area contributed by atoms with E-state index in [2.05, 4.69) is 10.3 Å². The molecular formula is C17H20N2O3. The molecule has 1 N–H and O–H groups in total. The van der Waals surface area contributed by atoms with Crippen LogP contribution in [0.1, 0.15) is 34.7 Å². The average molecular weight is 300 g/mol. The maximum Gasteiger partial charge on any atom is 0.270 e. The molecular weight excluding hydrogens is 280 g/mol. The second-order valence-electron chi connectivity index (χ2n) is 4.97. The molecule has 5 heteroatoms. The summed E-state index contributed by atoms with van der Waals surface area (Å²) in [4.78, 5) is 16.5. The monoisotopic (exact) mass is 300 g/mol. The molecule has 1 amide bonds. The van der Waals surface area contributed by atoms with Gasteiger partial charge in [-0.3, -0.25) is 4.79 Å². The minimum atomic E-state index is -0.203. The molecule has 0 spiro atoms. The van der Waals surface area contributed by atoms with Crippen LogP contribution in [-0.4, -0.2) is 25.1 Å². The zero-order chi connectivity index (χ0) is 16.1. The summed E-state index contributed by atoms with van der Waals surface area (Å²) in [6.45, 7) is 3.77. The van der Waals surface area contributed by atoms with E-state index in [1.54, 1.807) is 20.3 Å². The van der Waals surface area contributed by atoms with E-state index in [1.165, 1.54) is 0 Å². The quantitative estimate of drug-likeness (QED) is 0.922. The van der Waals surface area contributed by atoms with Crippen molar-refractivity contribution in [2.75, 3.05) is 14.2 Å². The number of nitrogens with zero attached hydrogens (tertiary/aromatic N) is 1. The number of amides is 1. The summed E-state index contributed by atoms with van der Waals surface area (Å²) < 4.78 is 10.5. The van der Waals surface area contributed by atoms with Crippen LogP contribution in [-0.2, 0) is 0 Å². The van der Waals surface area contributed by atoms with Gasteiger partial charge in [0.1, 0.15) is 5.69 Å². The van der Waals surface area contributed by atoms with Gasteiger partial charge in [-0.15, -0.1) is 0 Å². The minimum Gasteiger partial charge on any atom is -0.493 e. The third-order valence-corrected chi connectivity index (χ3v) is 3.38. The number of carbonyl (C=O) groups excluding carboxylic acids is 1. The molecule has 2 aromatic rings. The van der Waals surface area contributed by atoms with E-state index >= 15 is 0 Å². The number of pyridine rings is 1. The van der Waals surface area contributed by atoms with E-state index < -0.39 is 0 Å². The molecule has 22 heavy (non-hydrogen) atoms. The molecule has 0 saturated carbocycles. The number of nitrogens with one attached hydrogen (secondary N) is 1. The molecule has 0 aliphatic rings. The van der Waals surface area contributed by atoms with Gasteiger partial charge >= 0.3 is 0 Å². The van der Waals surface area contributed by atoms with Gasteiger partial charge in [0.15, 0.2) is 11.5 Å². The van der Waals surface area contributed by atoms with Crippen molar-refractivity contribution in [2.24, 2.45) is 0 Å². The fourth-order valence-electron chi connectivity index (χ4n) is 2.15. The molecule has 0 bridgehead atoms. The van der Waals surface area contributed by atoms with E-state index in [4.69, 9.17) is 9.47 Å². The van der Waals surface area contributed by atoms with Crippen LogP contribution >= 0.6 is 0 Å². The molecule has 116 valence electrons. The number of rotatable bonds is 5. The van der Waals surface area contributed by atoms with E-state index in [-0.39, 0.29) is 11.9 Å². The summed E-state index contributed by atoms with van der Waals surface area (Å²) in [5, 5.41) is 2.93. The van der Waals surface area contributed by atoms with Gasteiger partial charge in [-0.1, -0.05) is 12.1 Å². The van der Waals surface area contributed by atoms with Crippen molar-refractivity contribution >= 4 is 5.91 Å². The zero-order valence-electron chi connectivity index (χ0n) is 13.2. The highest BCUT2D eigenvalue weighted by Crippen LogP contribution is 2.29. The maximum atomic E-state index is 12.2. The summed E-state index contributed by atoms with van der Waals surface area (Å²) in [7, 11) is 3.17. The summed E-state index contributed by atoms with van der Waals surface area (Å²) >= 11 is 0. The first-order valence-electron chi connectivity index (χ1n) is 7.01. The largest absolute Gasteiger partial charge is 0.493 e. The van der Waals surface area contributed by atoms with Crippen LogP contribution in [0, 0.1) is 6.92 Å². The first kappa shape index (κ1) is 15.8. The molecule has 1 aromatic carbocycles. The Morgan fingerprint density at radius 3 is 2.50 bits per heavy atom. The van der Waals surface area contributed by atoms with Gasteiger partial charge in [-0.05, 0) is 43.7 Å². The van der Waals surface area contributed by atoms with Gasteiger partial charge in [0, 0.05) is 5.69 Å². The normalized spacial score (nSPS) is 11.6. The Morgan fingerprint density at radius 2 is 1.86 bits per heavy atom. The van der Waals surface area contributed by atoms with Crippen molar-refractivity contribution in [3.05, 3.63) is 53.3 Å². The SMILES string of the molecule is COc1ccc(C(C)NC(=O)c2cccc(C)n2)cc1OC. The Morgan fingerprint density at radius 1 is 1.14 bits per heavy atom. The molecule has 1 atom stereocenters. The highest BCUT2D eigenvalue weighted by atomic mass is 16.5. The van der Waals surface area contributed by atoms with Crippen molar-refractivity contribution in [2.45, 2.75) is 19.9 Å². The number of aryl methyl sites for hydroxylation is 1. The number of aromatic nitrogens is 1. The number of hydrogen-bond donors (Lipinski definition) is 1. The predicted molar refractivity (Wildman–Crippen MR) is 84.4 cm³/mol. The Hall–Kier alpha value is -2.56. The second kappa shape index (κ2) is 6.93. The molecule has 0 aliphatic heterocycles. The summed E-state index contributed by atoms with van der Waals surface area (Å²) in [6, 6.07) is 10.8. The Bertz CT molecular complexity index is 671. The zero-order valence-corrected chi connectivity index (χ0v) is 13.2. The molecule has 1 heterocycles. The predicted octanol–water partition coefficient (Wildman–Crippen LogP) is 2.90. The molecule has 0 fully saturated rings. The third kappa shape index (κ3) is 3.55. The van der Waals surface area contributed by atoms with Gasteiger partial charge in [0.05, 0.1) is 20.3 Å². The van der Waals surface area contributed by atoms with Crippen LogP contribution in [0.4, 0.5) is 0 Å². The Kier molecular flexibility index (Phi) is 4.99. The van der Waals surface area contributed by atoms with Gasteiger partial charge in [0.2, 0.25) is 0 Å². The van der Waals surface area contributed by atoms with Crippen LogP contribution in [0.25, 0.3) is 0 Å². The van der Waals surface area contributed by atoms with Crippen molar-refractivity contribution in [1.29, 1.82) is 0 Å². The van der Waals surface area contributed by atoms with E-state index in [1.807, 2.05) is 44.2 Å². The summed E-state index contributed by atoms with van der Waals surface area (Å²) in [5.74, 6) is 1.09. The lowest BCUT2D eigenvalue weighted by Gasteiger charge is -2.16. The first-order valence-corrected chi connectivity index (χ1v) is 7.01. The van der Waals surface area contributed by atoms with E-state index in [0.29, 0.717) is 17.2 Å². The van der Waals surface area contributed by atoms with Gasteiger partial charge in [-0.25, -0.2) is 4.98 Å². The standard InChI is InChI=1S/C17H20N2O3/c1-11-6-5-7-14(18-11)17(20)19-12(2)13-8-9-15(21-3)16(10-13)22-4/h5-10,12H,1-4H3,(H,19,20). The molecule has 0 saturated heterocycles. The minimum absolute atomic E-state index is 0.172. The van der Waals surface area contributed by atoms with Crippen LogP contribution in [0.5, 0.6) is 11.5 Å². The lowest BCUT2D eigenvalue weighted by molar-refractivity contribution is 0.0934. The van der Waals surface area contributed by atoms with Crippen LogP contribution in [0.3, 0.4) is 0 Å². The van der Waals surface area contributed by atoms with Crippen molar-refractivity contribution in [3.8, 4) is 11.5 Å². The number of carbonyl (C=O) groups is 1. The van der Waals surface area contributed by atoms with Crippen molar-refractivity contribution in [3.63, 3.8) is 0 Å². The van der Waals surface area contributed by atoms with Gasteiger partial charge < -0.3 is 14.8 Å². The first-order chi connectivity index (χ1) is 10.5.